The molecule has 96 valence electrons. The van der Waals surface area contributed by atoms with Crippen LogP contribution in [-0.2, 0) is 0 Å². The lowest BCUT2D eigenvalue weighted by Crippen LogP contribution is -1.89. The van der Waals surface area contributed by atoms with Gasteiger partial charge in [-0.15, -0.1) is 0 Å². The maximum absolute atomic E-state index is 6.05. The second-order valence-corrected chi connectivity index (χ2v) is 4.88. The minimum absolute atomic E-state index is 0.762. The van der Waals surface area contributed by atoms with Crippen LogP contribution < -0.4 is 5.73 Å². The predicted octanol–water partition coefficient (Wildman–Crippen LogP) is 3.97. The van der Waals surface area contributed by atoms with Crippen molar-refractivity contribution in [3.63, 3.8) is 0 Å². The fourth-order valence-electron chi connectivity index (χ4n) is 2.67. The fraction of sp³-hybridized carbons (Fsp3) is 0. The lowest BCUT2D eigenvalue weighted by molar-refractivity contribution is 1.41. The topological polar surface area (TPSA) is 54.7 Å². The quantitative estimate of drug-likeness (QED) is 0.543. The highest BCUT2D eigenvalue weighted by atomic mass is 14.7. The van der Waals surface area contributed by atoms with Gasteiger partial charge in [0.05, 0.1) is 5.52 Å². The van der Waals surface area contributed by atoms with Crippen molar-refractivity contribution in [2.75, 3.05) is 5.73 Å². The number of hydrogen-bond acceptors (Lipinski definition) is 2. The third kappa shape index (κ3) is 1.57. The molecule has 4 rings (SSSR count). The van der Waals surface area contributed by atoms with E-state index in [9.17, 15) is 0 Å². The summed E-state index contributed by atoms with van der Waals surface area (Å²) in [5, 5.41) is 2.21. The lowest BCUT2D eigenvalue weighted by atomic mass is 9.99. The molecule has 0 atom stereocenters. The maximum atomic E-state index is 6.05. The van der Waals surface area contributed by atoms with Crippen LogP contribution in [0.3, 0.4) is 0 Å². The molecule has 0 radical (unpaired) electrons. The summed E-state index contributed by atoms with van der Waals surface area (Å²) in [5.74, 6) is 0. The van der Waals surface area contributed by atoms with E-state index >= 15 is 0 Å². The molecule has 0 aliphatic carbocycles. The Balaban J connectivity index is 2.03. The number of anilines is 1. The minimum Gasteiger partial charge on any atom is -0.398 e. The number of pyridine rings is 1. The molecule has 3 nitrogen and oxygen atoms in total. The highest BCUT2D eigenvalue weighted by Gasteiger charge is 2.06. The zero-order valence-electron chi connectivity index (χ0n) is 10.8. The number of hydrogen-bond donors (Lipinski definition) is 2. The Labute approximate surface area is 116 Å². The number of fused-ring (bicyclic) bond motifs is 2. The Morgan fingerprint density at radius 3 is 2.85 bits per heavy atom. The summed E-state index contributed by atoms with van der Waals surface area (Å²) in [6.45, 7) is 0. The van der Waals surface area contributed by atoms with Crippen molar-refractivity contribution < 1.29 is 0 Å². The van der Waals surface area contributed by atoms with Crippen molar-refractivity contribution in [1.82, 2.24) is 9.97 Å². The fourth-order valence-corrected chi connectivity index (χ4v) is 2.67. The van der Waals surface area contributed by atoms with Crippen LogP contribution in [0.4, 0.5) is 5.69 Å². The summed E-state index contributed by atoms with van der Waals surface area (Å²) in [4.78, 5) is 7.58. The molecule has 2 heterocycles. The van der Waals surface area contributed by atoms with Gasteiger partial charge in [0, 0.05) is 34.4 Å². The van der Waals surface area contributed by atoms with E-state index in [-0.39, 0.29) is 0 Å². The smallest absolute Gasteiger partial charge is 0.0723 e. The van der Waals surface area contributed by atoms with Crippen molar-refractivity contribution in [2.45, 2.75) is 0 Å². The van der Waals surface area contributed by atoms with Crippen molar-refractivity contribution >= 4 is 27.5 Å². The van der Waals surface area contributed by atoms with E-state index in [0.717, 1.165) is 27.7 Å². The molecule has 0 aliphatic heterocycles. The van der Waals surface area contributed by atoms with Gasteiger partial charge in [-0.1, -0.05) is 18.2 Å². The summed E-state index contributed by atoms with van der Waals surface area (Å²) < 4.78 is 0. The van der Waals surface area contributed by atoms with Crippen molar-refractivity contribution in [1.29, 1.82) is 0 Å². The van der Waals surface area contributed by atoms with Crippen molar-refractivity contribution in [3.8, 4) is 11.1 Å². The highest BCUT2D eigenvalue weighted by Crippen LogP contribution is 2.31. The predicted molar refractivity (Wildman–Crippen MR) is 83.4 cm³/mol. The van der Waals surface area contributed by atoms with Crippen LogP contribution >= 0.6 is 0 Å². The Hall–Kier alpha value is -2.81. The van der Waals surface area contributed by atoms with E-state index in [1.54, 1.807) is 6.20 Å². The number of H-pyrrole nitrogens is 1. The average Bonchev–Trinajstić information content (AvgIpc) is 2.96. The van der Waals surface area contributed by atoms with Crippen molar-refractivity contribution in [3.05, 3.63) is 60.9 Å². The van der Waals surface area contributed by atoms with E-state index in [2.05, 4.69) is 46.4 Å². The van der Waals surface area contributed by atoms with Gasteiger partial charge >= 0.3 is 0 Å². The number of nitrogens with two attached hydrogens (primary N) is 1. The van der Waals surface area contributed by atoms with Gasteiger partial charge in [0.15, 0.2) is 0 Å². The van der Waals surface area contributed by atoms with Crippen LogP contribution in [0.15, 0.2) is 60.9 Å². The largest absolute Gasteiger partial charge is 0.398 e. The lowest BCUT2D eigenvalue weighted by Gasteiger charge is -2.07. The zero-order chi connectivity index (χ0) is 13.5. The molecule has 0 saturated heterocycles. The molecule has 0 amide bonds. The molecule has 2 aromatic heterocycles. The first-order valence-corrected chi connectivity index (χ1v) is 6.54. The first-order chi connectivity index (χ1) is 9.83. The van der Waals surface area contributed by atoms with E-state index in [1.807, 2.05) is 18.3 Å². The van der Waals surface area contributed by atoms with Gasteiger partial charge in [-0.2, -0.15) is 0 Å². The van der Waals surface area contributed by atoms with Crippen LogP contribution in [0.1, 0.15) is 0 Å². The molecule has 0 fully saturated rings. The summed E-state index contributed by atoms with van der Waals surface area (Å²) in [6.07, 6.45) is 3.70. The first-order valence-electron chi connectivity index (χ1n) is 6.54. The summed E-state index contributed by atoms with van der Waals surface area (Å²) in [6, 6.07) is 16.4. The molecule has 2 aromatic carbocycles. The summed E-state index contributed by atoms with van der Waals surface area (Å²) in [7, 11) is 0. The molecule has 0 bridgehead atoms. The van der Waals surface area contributed by atoms with Gasteiger partial charge in [-0.25, -0.2) is 0 Å². The third-order valence-electron chi connectivity index (χ3n) is 3.68. The molecule has 20 heavy (non-hydrogen) atoms. The average molecular weight is 259 g/mol. The standard InChI is InChI=1S/C17H13N3/c18-15-7-9-20-17-5-4-11(10-14(15)17)12-2-1-3-16-13(12)6-8-19-16/h1-10,19H,(H2,18,20). The Kier molecular flexibility index (Phi) is 2.27. The van der Waals surface area contributed by atoms with Gasteiger partial charge < -0.3 is 10.7 Å². The van der Waals surface area contributed by atoms with Crippen LogP contribution in [-0.4, -0.2) is 9.97 Å². The molecule has 0 saturated carbocycles. The van der Waals surface area contributed by atoms with E-state index in [0.29, 0.717) is 0 Å². The molecular weight excluding hydrogens is 246 g/mol. The summed E-state index contributed by atoms with van der Waals surface area (Å²) in [5.41, 5.74) is 11.2. The molecular formula is C17H13N3. The Bertz CT molecular complexity index is 922. The maximum Gasteiger partial charge on any atom is 0.0723 e. The molecule has 4 aromatic rings. The normalized spacial score (nSPS) is 11.2. The zero-order valence-corrected chi connectivity index (χ0v) is 10.8. The van der Waals surface area contributed by atoms with E-state index in [4.69, 9.17) is 5.73 Å². The number of nitrogens with one attached hydrogen (secondary N) is 1. The Morgan fingerprint density at radius 1 is 0.950 bits per heavy atom. The molecule has 0 spiro atoms. The number of aromatic nitrogens is 2. The van der Waals surface area contributed by atoms with Crippen LogP contribution in [0.25, 0.3) is 32.9 Å². The number of benzene rings is 2. The monoisotopic (exact) mass is 259 g/mol. The van der Waals surface area contributed by atoms with Gasteiger partial charge in [0.25, 0.3) is 0 Å². The van der Waals surface area contributed by atoms with Gasteiger partial charge in [-0.3, -0.25) is 4.98 Å². The van der Waals surface area contributed by atoms with Crippen LogP contribution in [0.2, 0.25) is 0 Å². The van der Waals surface area contributed by atoms with Crippen LogP contribution in [0, 0.1) is 0 Å². The van der Waals surface area contributed by atoms with E-state index < -0.39 is 0 Å². The number of rotatable bonds is 1. The molecule has 3 N–H and O–H groups in total. The third-order valence-corrected chi connectivity index (χ3v) is 3.68. The molecule has 0 aliphatic rings. The first kappa shape index (κ1) is 11.1. The number of nitrogens with zero attached hydrogens (tertiary/aromatic N) is 1. The number of nitrogen functional groups attached to an aromatic ring is 1. The van der Waals surface area contributed by atoms with Crippen molar-refractivity contribution in [2.24, 2.45) is 0 Å². The second-order valence-electron chi connectivity index (χ2n) is 4.88. The SMILES string of the molecule is Nc1ccnc2ccc(-c3cccc4[nH]ccc34)cc12. The van der Waals surface area contributed by atoms with E-state index in [1.165, 1.54) is 10.9 Å². The number of aromatic amines is 1. The van der Waals surface area contributed by atoms with Gasteiger partial charge in [0.1, 0.15) is 0 Å². The highest BCUT2D eigenvalue weighted by molar-refractivity contribution is 5.99. The molecule has 0 unspecified atom stereocenters. The Morgan fingerprint density at radius 2 is 1.90 bits per heavy atom. The minimum atomic E-state index is 0.762. The van der Waals surface area contributed by atoms with Gasteiger partial charge in [0.2, 0.25) is 0 Å². The van der Waals surface area contributed by atoms with Crippen LogP contribution in [0.5, 0.6) is 0 Å². The second kappa shape index (κ2) is 4.10. The molecule has 3 heteroatoms. The summed E-state index contributed by atoms with van der Waals surface area (Å²) >= 11 is 0. The van der Waals surface area contributed by atoms with Gasteiger partial charge in [-0.05, 0) is 41.5 Å².